The van der Waals surface area contributed by atoms with Crippen molar-refractivity contribution < 1.29 is 10.2 Å². The summed E-state index contributed by atoms with van der Waals surface area (Å²) in [5.41, 5.74) is 10.1. The van der Waals surface area contributed by atoms with Gasteiger partial charge in [0.05, 0.1) is 6.10 Å². The van der Waals surface area contributed by atoms with Crippen LogP contribution in [0.5, 0.6) is 0 Å². The van der Waals surface area contributed by atoms with Crippen LogP contribution >= 0.6 is 0 Å². The largest absolute Gasteiger partial charge is 0.396 e. The first-order valence-corrected chi connectivity index (χ1v) is 9.83. The molecule has 5 heteroatoms. The minimum absolute atomic E-state index is 0.223. The monoisotopic (exact) mass is 355 g/mol. The zero-order valence-electron chi connectivity index (χ0n) is 15.2. The molecule has 5 nitrogen and oxygen atoms in total. The van der Waals surface area contributed by atoms with Gasteiger partial charge in [-0.2, -0.15) is 0 Å². The van der Waals surface area contributed by atoms with Crippen LogP contribution in [0.1, 0.15) is 50.5 Å². The predicted octanol–water partition coefficient (Wildman–Crippen LogP) is 5.22. The molecule has 26 heavy (non-hydrogen) atoms. The first-order chi connectivity index (χ1) is 12.7. The highest BCUT2D eigenvalue weighted by Crippen LogP contribution is 2.51. The third-order valence-electron chi connectivity index (χ3n) is 6.16. The molecule has 0 aliphatic heterocycles. The predicted molar refractivity (Wildman–Crippen MR) is 104 cm³/mol. The Hall–Kier alpha value is -1.81. The Morgan fingerprint density at radius 2 is 1.92 bits per heavy atom. The Kier molecular flexibility index (Phi) is 6.73. The number of unbranched alkanes of at least 4 members (excludes halogenated alkanes) is 2. The van der Waals surface area contributed by atoms with Crippen LogP contribution in [0.2, 0.25) is 0 Å². The summed E-state index contributed by atoms with van der Waals surface area (Å²) in [4.78, 5) is 2.79. The first-order valence-electron chi connectivity index (χ1n) is 9.83. The summed E-state index contributed by atoms with van der Waals surface area (Å²) in [6.07, 6.45) is 12.0. The zero-order chi connectivity index (χ0) is 18.4. The molecule has 0 radical (unpaired) electrons. The maximum absolute atomic E-state index is 10.5. The van der Waals surface area contributed by atoms with Crippen LogP contribution in [0.15, 0.2) is 35.5 Å². The lowest BCUT2D eigenvalue weighted by atomic mass is 9.89. The average Bonchev–Trinajstić information content (AvgIpc) is 3.15. The van der Waals surface area contributed by atoms with Crippen molar-refractivity contribution in [3.63, 3.8) is 0 Å². The van der Waals surface area contributed by atoms with E-state index in [9.17, 15) is 5.11 Å². The van der Waals surface area contributed by atoms with Crippen LogP contribution < -0.4 is 0 Å². The summed E-state index contributed by atoms with van der Waals surface area (Å²) < 4.78 is 0. The van der Waals surface area contributed by atoms with Gasteiger partial charge in [-0.1, -0.05) is 60.8 Å². The van der Waals surface area contributed by atoms with Gasteiger partial charge in [-0.3, -0.25) is 0 Å². The Morgan fingerprint density at radius 1 is 1.12 bits per heavy atom. The molecule has 2 fully saturated rings. The lowest BCUT2D eigenvalue weighted by Crippen LogP contribution is -2.17. The SMILES string of the molecule is [N-]=[N+]=Nc1ccc(/C=C/[C@@H]2C3CC(CCCCCO)CC3C[C@H]2O)cc1. The molecular weight excluding hydrogens is 326 g/mol. The Morgan fingerprint density at radius 3 is 2.65 bits per heavy atom. The van der Waals surface area contributed by atoms with Crippen LogP contribution in [0.4, 0.5) is 5.69 Å². The third kappa shape index (κ3) is 4.67. The van der Waals surface area contributed by atoms with Crippen molar-refractivity contribution >= 4 is 11.8 Å². The number of rotatable bonds is 8. The topological polar surface area (TPSA) is 89.2 Å². The molecule has 1 aromatic carbocycles. The quantitative estimate of drug-likeness (QED) is 0.290. The molecule has 2 aliphatic carbocycles. The van der Waals surface area contributed by atoms with Crippen molar-refractivity contribution in [2.75, 3.05) is 6.61 Å². The second-order valence-corrected chi connectivity index (χ2v) is 7.85. The van der Waals surface area contributed by atoms with Crippen LogP contribution in [0.3, 0.4) is 0 Å². The summed E-state index contributed by atoms with van der Waals surface area (Å²) >= 11 is 0. The van der Waals surface area contributed by atoms with Crippen LogP contribution in [0, 0.1) is 23.7 Å². The Bertz CT molecular complexity index is 652. The molecular formula is C21H29N3O2. The van der Waals surface area contributed by atoms with Gasteiger partial charge in [0.15, 0.2) is 0 Å². The van der Waals surface area contributed by atoms with E-state index >= 15 is 0 Å². The number of azide groups is 1. The maximum Gasteiger partial charge on any atom is 0.0608 e. The fourth-order valence-corrected chi connectivity index (χ4v) is 4.93. The van der Waals surface area contributed by atoms with E-state index in [1.54, 1.807) is 0 Å². The molecule has 2 N–H and O–H groups in total. The summed E-state index contributed by atoms with van der Waals surface area (Å²) in [6.45, 7) is 0.304. The highest BCUT2D eigenvalue weighted by molar-refractivity contribution is 5.53. The smallest absolute Gasteiger partial charge is 0.0608 e. The van der Waals surface area contributed by atoms with E-state index < -0.39 is 0 Å². The standard InChI is InChI=1S/C21H29N3O2/c22-24-23-18-8-5-15(6-9-18)7-10-19-20-13-16(4-2-1-3-11-25)12-17(20)14-21(19)26/h5-10,16-17,19-21,25-26H,1-4,11-14H2/b10-7+/t16?,17?,19-,20?,21-/m1/s1. The molecule has 1 aromatic rings. The lowest BCUT2D eigenvalue weighted by Gasteiger charge is -2.18. The number of aliphatic hydroxyl groups is 2. The highest BCUT2D eigenvalue weighted by Gasteiger charge is 2.46. The normalized spacial score (nSPS) is 30.5. The van der Waals surface area contributed by atoms with Gasteiger partial charge in [-0.05, 0) is 54.5 Å². The van der Waals surface area contributed by atoms with Gasteiger partial charge < -0.3 is 10.2 Å². The fraction of sp³-hybridized carbons (Fsp3) is 0.619. The van der Waals surface area contributed by atoms with Gasteiger partial charge >= 0.3 is 0 Å². The molecule has 5 atom stereocenters. The lowest BCUT2D eigenvalue weighted by molar-refractivity contribution is 0.135. The van der Waals surface area contributed by atoms with Crippen LogP contribution in [-0.2, 0) is 0 Å². The summed E-state index contributed by atoms with van der Waals surface area (Å²) in [7, 11) is 0. The third-order valence-corrected chi connectivity index (χ3v) is 6.16. The molecule has 0 amide bonds. The van der Waals surface area contributed by atoms with Gasteiger partial charge in [0.25, 0.3) is 0 Å². The Balaban J connectivity index is 1.56. The number of fused-ring (bicyclic) bond motifs is 1. The summed E-state index contributed by atoms with van der Waals surface area (Å²) in [5.74, 6) is 2.30. The van der Waals surface area contributed by atoms with Gasteiger partial charge in [0.1, 0.15) is 0 Å². The zero-order valence-corrected chi connectivity index (χ0v) is 15.2. The van der Waals surface area contributed by atoms with Crippen molar-refractivity contribution in [2.24, 2.45) is 28.8 Å². The number of nitrogens with zero attached hydrogens (tertiary/aromatic N) is 3. The second-order valence-electron chi connectivity index (χ2n) is 7.85. The number of benzene rings is 1. The van der Waals surface area contributed by atoms with Crippen molar-refractivity contribution in [3.05, 3.63) is 46.3 Å². The van der Waals surface area contributed by atoms with E-state index in [2.05, 4.69) is 22.2 Å². The second kappa shape index (κ2) is 9.22. The Labute approximate surface area is 155 Å². The van der Waals surface area contributed by atoms with E-state index in [0.29, 0.717) is 24.1 Å². The van der Waals surface area contributed by atoms with Gasteiger partial charge in [0.2, 0.25) is 0 Å². The van der Waals surface area contributed by atoms with Gasteiger partial charge in [-0.25, -0.2) is 0 Å². The van der Waals surface area contributed by atoms with E-state index in [-0.39, 0.29) is 12.0 Å². The molecule has 3 rings (SSSR count). The summed E-state index contributed by atoms with van der Waals surface area (Å²) in [5, 5.41) is 23.0. The molecule has 0 aromatic heterocycles. The van der Waals surface area contributed by atoms with Crippen molar-refractivity contribution in [3.8, 4) is 0 Å². The first kappa shape index (κ1) is 19.0. The molecule has 0 heterocycles. The molecule has 140 valence electrons. The number of aliphatic hydroxyl groups excluding tert-OH is 2. The molecule has 0 spiro atoms. The number of hydrogen-bond acceptors (Lipinski definition) is 3. The molecule has 3 unspecified atom stereocenters. The van der Waals surface area contributed by atoms with E-state index in [1.165, 1.54) is 25.7 Å². The van der Waals surface area contributed by atoms with Gasteiger partial charge in [0, 0.05) is 23.1 Å². The molecule has 2 aliphatic rings. The van der Waals surface area contributed by atoms with Crippen LogP contribution in [0.25, 0.3) is 16.5 Å². The number of hydrogen-bond donors (Lipinski definition) is 2. The minimum Gasteiger partial charge on any atom is -0.396 e. The van der Waals surface area contributed by atoms with E-state index in [1.807, 2.05) is 24.3 Å². The average molecular weight is 355 g/mol. The minimum atomic E-state index is -0.223. The van der Waals surface area contributed by atoms with Crippen LogP contribution in [-0.4, -0.2) is 22.9 Å². The summed E-state index contributed by atoms with van der Waals surface area (Å²) in [6, 6.07) is 7.51. The maximum atomic E-state index is 10.5. The van der Waals surface area contributed by atoms with Crippen molar-refractivity contribution in [1.29, 1.82) is 0 Å². The van der Waals surface area contributed by atoms with Crippen molar-refractivity contribution in [1.82, 2.24) is 0 Å². The van der Waals surface area contributed by atoms with Gasteiger partial charge in [-0.15, -0.1) is 0 Å². The molecule has 0 saturated heterocycles. The van der Waals surface area contributed by atoms with Crippen molar-refractivity contribution in [2.45, 2.75) is 51.0 Å². The van der Waals surface area contributed by atoms with E-state index in [0.717, 1.165) is 30.7 Å². The molecule has 2 saturated carbocycles. The van der Waals surface area contributed by atoms with E-state index in [4.69, 9.17) is 10.6 Å². The highest BCUT2D eigenvalue weighted by atomic mass is 16.3. The molecule has 0 bridgehead atoms. The fourth-order valence-electron chi connectivity index (χ4n) is 4.93.